The minimum absolute atomic E-state index is 0. The van der Waals surface area contributed by atoms with Crippen LogP contribution in [-0.2, 0) is 0 Å². The van der Waals surface area contributed by atoms with Gasteiger partial charge in [-0.05, 0) is 55.6 Å². The summed E-state index contributed by atoms with van der Waals surface area (Å²) in [6, 6.07) is 5.88. The minimum atomic E-state index is 0. The second-order valence-electron chi connectivity index (χ2n) is 3.91. The van der Waals surface area contributed by atoms with Crippen LogP contribution in [0.4, 0.5) is 0 Å². The van der Waals surface area contributed by atoms with Gasteiger partial charge in [-0.3, -0.25) is 0 Å². The van der Waals surface area contributed by atoms with Crippen molar-refractivity contribution in [1.29, 1.82) is 0 Å². The molecule has 1 saturated heterocycles. The number of hydrogen-bond donors (Lipinski definition) is 1. The number of ether oxygens (including phenoxy) is 1. The second-order valence-corrected chi connectivity index (χ2v) is 4.35. The number of methoxy groups -OCH3 is 1. The first-order valence-corrected chi connectivity index (χ1v) is 5.73. The van der Waals surface area contributed by atoms with Crippen molar-refractivity contribution in [2.75, 3.05) is 20.2 Å². The fourth-order valence-corrected chi connectivity index (χ4v) is 2.34. The standard InChI is InChI=1S/C12H16ClNO.ClH/c1-15-12-3-2-10(13)8-11(12)9-4-6-14-7-5-9;/h2-3,8-9,14H,4-7H2,1H3;1H. The lowest BCUT2D eigenvalue weighted by molar-refractivity contribution is 0.391. The van der Waals surface area contributed by atoms with Crippen LogP contribution >= 0.6 is 24.0 Å². The van der Waals surface area contributed by atoms with E-state index in [9.17, 15) is 0 Å². The van der Waals surface area contributed by atoms with Gasteiger partial charge in [0.1, 0.15) is 5.75 Å². The zero-order valence-electron chi connectivity index (χ0n) is 9.33. The van der Waals surface area contributed by atoms with Crippen LogP contribution < -0.4 is 10.1 Å². The van der Waals surface area contributed by atoms with Gasteiger partial charge in [0.15, 0.2) is 0 Å². The molecule has 1 aliphatic heterocycles. The van der Waals surface area contributed by atoms with E-state index >= 15 is 0 Å². The summed E-state index contributed by atoms with van der Waals surface area (Å²) >= 11 is 6.02. The van der Waals surface area contributed by atoms with Crippen molar-refractivity contribution in [3.63, 3.8) is 0 Å². The molecule has 0 spiro atoms. The van der Waals surface area contributed by atoms with Crippen LogP contribution in [-0.4, -0.2) is 20.2 Å². The maximum Gasteiger partial charge on any atom is 0.122 e. The molecule has 4 heteroatoms. The molecule has 2 nitrogen and oxygen atoms in total. The van der Waals surface area contributed by atoms with Gasteiger partial charge in [0.05, 0.1) is 7.11 Å². The van der Waals surface area contributed by atoms with Gasteiger partial charge in [0, 0.05) is 5.02 Å². The number of piperidine rings is 1. The van der Waals surface area contributed by atoms with Crippen LogP contribution in [0.3, 0.4) is 0 Å². The van der Waals surface area contributed by atoms with Crippen molar-refractivity contribution in [3.05, 3.63) is 28.8 Å². The molecule has 0 amide bonds. The molecule has 2 rings (SSSR count). The van der Waals surface area contributed by atoms with E-state index in [1.165, 1.54) is 5.56 Å². The van der Waals surface area contributed by atoms with E-state index in [4.69, 9.17) is 16.3 Å². The van der Waals surface area contributed by atoms with Crippen LogP contribution in [0.15, 0.2) is 18.2 Å². The van der Waals surface area contributed by atoms with Gasteiger partial charge >= 0.3 is 0 Å². The van der Waals surface area contributed by atoms with E-state index in [0.29, 0.717) is 5.92 Å². The Bertz CT molecular complexity index is 338. The summed E-state index contributed by atoms with van der Waals surface area (Å²) in [5, 5.41) is 4.16. The monoisotopic (exact) mass is 261 g/mol. The lowest BCUT2D eigenvalue weighted by Crippen LogP contribution is -2.26. The van der Waals surface area contributed by atoms with Crippen molar-refractivity contribution >= 4 is 24.0 Å². The molecule has 1 fully saturated rings. The van der Waals surface area contributed by atoms with Crippen LogP contribution in [0.2, 0.25) is 5.02 Å². The van der Waals surface area contributed by atoms with Crippen molar-refractivity contribution in [3.8, 4) is 5.75 Å². The normalized spacial score (nSPS) is 16.6. The number of benzene rings is 1. The Morgan fingerprint density at radius 3 is 2.62 bits per heavy atom. The molecule has 1 heterocycles. The Morgan fingerprint density at radius 2 is 2.00 bits per heavy atom. The van der Waals surface area contributed by atoms with Gasteiger partial charge in [0.2, 0.25) is 0 Å². The average Bonchev–Trinajstić information content (AvgIpc) is 2.30. The van der Waals surface area contributed by atoms with Gasteiger partial charge in [-0.15, -0.1) is 12.4 Å². The Kier molecular flexibility index (Phi) is 5.39. The van der Waals surface area contributed by atoms with Gasteiger partial charge in [0.25, 0.3) is 0 Å². The molecule has 0 aromatic heterocycles. The first-order valence-electron chi connectivity index (χ1n) is 5.35. The highest BCUT2D eigenvalue weighted by atomic mass is 35.5. The molecule has 16 heavy (non-hydrogen) atoms. The molecule has 1 aromatic carbocycles. The first kappa shape index (κ1) is 13.6. The lowest BCUT2D eigenvalue weighted by atomic mass is 9.89. The largest absolute Gasteiger partial charge is 0.496 e. The second kappa shape index (κ2) is 6.33. The quantitative estimate of drug-likeness (QED) is 0.883. The smallest absolute Gasteiger partial charge is 0.122 e. The van der Waals surface area contributed by atoms with Crippen LogP contribution in [0.5, 0.6) is 5.75 Å². The summed E-state index contributed by atoms with van der Waals surface area (Å²) in [6.45, 7) is 2.17. The molecule has 0 unspecified atom stereocenters. The Balaban J connectivity index is 0.00000128. The predicted molar refractivity (Wildman–Crippen MR) is 70.1 cm³/mol. The molecule has 0 saturated carbocycles. The third kappa shape index (κ3) is 3.03. The fourth-order valence-electron chi connectivity index (χ4n) is 2.16. The highest BCUT2D eigenvalue weighted by Crippen LogP contribution is 2.34. The number of nitrogens with one attached hydrogen (secondary N) is 1. The van der Waals surface area contributed by atoms with Gasteiger partial charge in [-0.1, -0.05) is 11.6 Å². The molecule has 0 radical (unpaired) electrons. The molecule has 0 atom stereocenters. The van der Waals surface area contributed by atoms with E-state index in [1.807, 2.05) is 18.2 Å². The maximum absolute atomic E-state index is 6.02. The summed E-state index contributed by atoms with van der Waals surface area (Å²) in [6.07, 6.45) is 2.33. The van der Waals surface area contributed by atoms with Crippen LogP contribution in [0.1, 0.15) is 24.3 Å². The van der Waals surface area contributed by atoms with E-state index in [1.54, 1.807) is 7.11 Å². The Hall–Kier alpha value is -0.440. The van der Waals surface area contributed by atoms with Gasteiger partial charge in [-0.25, -0.2) is 0 Å². The number of rotatable bonds is 2. The predicted octanol–water partition coefficient (Wildman–Crippen LogP) is 3.24. The third-order valence-electron chi connectivity index (χ3n) is 2.97. The molecule has 0 bridgehead atoms. The average molecular weight is 262 g/mol. The number of hydrogen-bond acceptors (Lipinski definition) is 2. The summed E-state index contributed by atoms with van der Waals surface area (Å²) in [5.41, 5.74) is 1.26. The summed E-state index contributed by atoms with van der Waals surface area (Å²) in [4.78, 5) is 0. The fraction of sp³-hybridized carbons (Fsp3) is 0.500. The van der Waals surface area contributed by atoms with Crippen molar-refractivity contribution in [1.82, 2.24) is 5.32 Å². The topological polar surface area (TPSA) is 21.3 Å². The van der Waals surface area contributed by atoms with Crippen molar-refractivity contribution in [2.24, 2.45) is 0 Å². The highest BCUT2D eigenvalue weighted by Gasteiger charge is 2.18. The zero-order chi connectivity index (χ0) is 10.7. The van der Waals surface area contributed by atoms with Crippen molar-refractivity contribution < 1.29 is 4.74 Å². The van der Waals surface area contributed by atoms with E-state index < -0.39 is 0 Å². The molecular formula is C12H17Cl2NO. The summed E-state index contributed by atoms with van der Waals surface area (Å²) in [7, 11) is 1.72. The maximum atomic E-state index is 6.02. The van der Waals surface area contributed by atoms with Crippen LogP contribution in [0.25, 0.3) is 0 Å². The lowest BCUT2D eigenvalue weighted by Gasteiger charge is -2.24. The molecule has 1 N–H and O–H groups in total. The molecule has 1 aromatic rings. The zero-order valence-corrected chi connectivity index (χ0v) is 10.9. The third-order valence-corrected chi connectivity index (χ3v) is 3.21. The SMILES string of the molecule is COc1ccc(Cl)cc1C1CCNCC1.Cl. The number of halogens is 2. The van der Waals surface area contributed by atoms with Crippen LogP contribution in [0, 0.1) is 0 Å². The van der Waals surface area contributed by atoms with Crippen molar-refractivity contribution in [2.45, 2.75) is 18.8 Å². The molecular weight excluding hydrogens is 245 g/mol. The van der Waals surface area contributed by atoms with Gasteiger partial charge in [-0.2, -0.15) is 0 Å². The minimum Gasteiger partial charge on any atom is -0.496 e. The molecule has 1 aliphatic rings. The van der Waals surface area contributed by atoms with E-state index in [0.717, 1.165) is 36.7 Å². The van der Waals surface area contributed by atoms with E-state index in [-0.39, 0.29) is 12.4 Å². The molecule has 90 valence electrons. The highest BCUT2D eigenvalue weighted by molar-refractivity contribution is 6.30. The summed E-state index contributed by atoms with van der Waals surface area (Å²) < 4.78 is 5.37. The van der Waals surface area contributed by atoms with E-state index in [2.05, 4.69) is 5.32 Å². The van der Waals surface area contributed by atoms with Gasteiger partial charge < -0.3 is 10.1 Å². The Morgan fingerprint density at radius 1 is 1.31 bits per heavy atom. The Labute approximate surface area is 108 Å². The summed E-state index contributed by atoms with van der Waals surface area (Å²) in [5.74, 6) is 1.55. The first-order chi connectivity index (χ1) is 7.31. The molecule has 0 aliphatic carbocycles.